The van der Waals surface area contributed by atoms with Crippen molar-refractivity contribution in [3.63, 3.8) is 0 Å². The lowest BCUT2D eigenvalue weighted by atomic mass is 9.91. The summed E-state index contributed by atoms with van der Waals surface area (Å²) < 4.78 is 1.85. The third-order valence-corrected chi connectivity index (χ3v) is 6.90. The summed E-state index contributed by atoms with van der Waals surface area (Å²) in [4.78, 5) is 15.1. The molecule has 1 fully saturated rings. The van der Waals surface area contributed by atoms with Gasteiger partial charge in [-0.25, -0.2) is 4.68 Å². The maximum atomic E-state index is 13.2. The van der Waals surface area contributed by atoms with Crippen LogP contribution in [0.3, 0.4) is 0 Å². The summed E-state index contributed by atoms with van der Waals surface area (Å²) in [5.41, 5.74) is 7.86. The highest BCUT2D eigenvalue weighted by Crippen LogP contribution is 2.35. The molecule has 1 aromatic heterocycles. The summed E-state index contributed by atoms with van der Waals surface area (Å²) in [7, 11) is 0. The summed E-state index contributed by atoms with van der Waals surface area (Å²) in [5.74, 6) is 0.0781. The van der Waals surface area contributed by atoms with E-state index < -0.39 is 6.10 Å². The first kappa shape index (κ1) is 19.1. The predicted octanol–water partition coefficient (Wildman–Crippen LogP) is 3.95. The molecule has 1 saturated carbocycles. The highest BCUT2D eigenvalue weighted by Gasteiger charge is 2.39. The molecule has 2 heterocycles. The molecular formula is C25H27N3O2. The van der Waals surface area contributed by atoms with E-state index in [2.05, 4.69) is 49.3 Å². The molecule has 5 nitrogen and oxygen atoms in total. The zero-order chi connectivity index (χ0) is 20.8. The van der Waals surface area contributed by atoms with Crippen molar-refractivity contribution in [1.29, 1.82) is 0 Å². The number of hydrogen-bond donors (Lipinski definition) is 1. The summed E-state index contributed by atoms with van der Waals surface area (Å²) in [6, 6.07) is 12.4. The van der Waals surface area contributed by atoms with E-state index in [1.54, 1.807) is 6.20 Å². The largest absolute Gasteiger partial charge is 0.391 e. The Morgan fingerprint density at radius 1 is 1.13 bits per heavy atom. The van der Waals surface area contributed by atoms with E-state index >= 15 is 0 Å². The van der Waals surface area contributed by atoms with Crippen molar-refractivity contribution in [2.75, 3.05) is 0 Å². The van der Waals surface area contributed by atoms with Gasteiger partial charge in [-0.2, -0.15) is 5.10 Å². The van der Waals surface area contributed by atoms with Gasteiger partial charge in [0.1, 0.15) is 0 Å². The van der Waals surface area contributed by atoms with Crippen LogP contribution >= 0.6 is 0 Å². The second kappa shape index (κ2) is 7.40. The van der Waals surface area contributed by atoms with E-state index in [4.69, 9.17) is 0 Å². The Morgan fingerprint density at radius 3 is 2.60 bits per heavy atom. The molecule has 1 amide bonds. The van der Waals surface area contributed by atoms with Crippen LogP contribution in [0.2, 0.25) is 0 Å². The molecule has 1 aliphatic carbocycles. The van der Waals surface area contributed by atoms with Crippen LogP contribution in [-0.4, -0.2) is 37.8 Å². The molecule has 0 radical (unpaired) electrons. The van der Waals surface area contributed by atoms with Crippen molar-refractivity contribution in [2.45, 2.75) is 58.2 Å². The molecular weight excluding hydrogens is 374 g/mol. The Hall–Kier alpha value is -2.92. The van der Waals surface area contributed by atoms with Crippen molar-refractivity contribution in [3.8, 4) is 5.69 Å². The lowest BCUT2D eigenvalue weighted by Gasteiger charge is -2.26. The van der Waals surface area contributed by atoms with Crippen molar-refractivity contribution in [2.24, 2.45) is 0 Å². The minimum Gasteiger partial charge on any atom is -0.391 e. The van der Waals surface area contributed by atoms with E-state index in [0.717, 1.165) is 42.5 Å². The molecule has 30 heavy (non-hydrogen) atoms. The Balaban J connectivity index is 1.42. The van der Waals surface area contributed by atoms with Gasteiger partial charge < -0.3 is 10.0 Å². The van der Waals surface area contributed by atoms with Gasteiger partial charge >= 0.3 is 0 Å². The Bertz CT molecular complexity index is 1090. The molecule has 0 unspecified atom stereocenters. The molecule has 1 aliphatic heterocycles. The summed E-state index contributed by atoms with van der Waals surface area (Å²) in [6.07, 6.45) is 6.79. The Morgan fingerprint density at radius 2 is 1.93 bits per heavy atom. The van der Waals surface area contributed by atoms with E-state index in [-0.39, 0.29) is 11.9 Å². The van der Waals surface area contributed by atoms with Crippen LogP contribution in [0.15, 0.2) is 48.8 Å². The standard InChI is InChI=1S/C25H27N3O2/c1-16-17(2)22-15-27(23-5-3-6-24(23)29)25(30)21(22)14-19(16)13-18-7-9-20(10-8-18)28-12-4-11-26-28/h4,7-12,14,23-24,29H,3,5-6,13,15H2,1-2H3/t23-,24-/m0/s1. The zero-order valence-corrected chi connectivity index (χ0v) is 17.5. The van der Waals surface area contributed by atoms with Crippen molar-refractivity contribution >= 4 is 5.91 Å². The van der Waals surface area contributed by atoms with Crippen LogP contribution in [0.4, 0.5) is 0 Å². The average Bonchev–Trinajstić information content (AvgIpc) is 3.48. The topological polar surface area (TPSA) is 58.4 Å². The SMILES string of the molecule is Cc1c(Cc2ccc(-n3cccn3)cc2)cc2c(c1C)CN([C@H]1CCC[C@@H]1O)C2=O. The quantitative estimate of drug-likeness (QED) is 0.720. The number of aliphatic hydroxyl groups is 1. The fourth-order valence-electron chi connectivity index (χ4n) is 4.97. The lowest BCUT2D eigenvalue weighted by molar-refractivity contribution is 0.0479. The number of carbonyl (C=O) groups excluding carboxylic acids is 1. The van der Waals surface area contributed by atoms with Gasteiger partial charge in [0, 0.05) is 24.5 Å². The molecule has 154 valence electrons. The summed E-state index contributed by atoms with van der Waals surface area (Å²) in [5, 5.41) is 14.6. The highest BCUT2D eigenvalue weighted by molar-refractivity contribution is 5.99. The molecule has 2 aliphatic rings. The van der Waals surface area contributed by atoms with Crippen LogP contribution < -0.4 is 0 Å². The van der Waals surface area contributed by atoms with E-state index in [9.17, 15) is 9.90 Å². The summed E-state index contributed by atoms with van der Waals surface area (Å²) in [6.45, 7) is 4.91. The molecule has 5 rings (SSSR count). The van der Waals surface area contributed by atoms with E-state index in [1.165, 1.54) is 22.3 Å². The number of benzene rings is 2. The second-order valence-electron chi connectivity index (χ2n) is 8.60. The van der Waals surface area contributed by atoms with Gasteiger partial charge in [-0.15, -0.1) is 0 Å². The van der Waals surface area contributed by atoms with Gasteiger partial charge in [0.2, 0.25) is 0 Å². The monoisotopic (exact) mass is 401 g/mol. The maximum absolute atomic E-state index is 13.2. The van der Waals surface area contributed by atoms with Gasteiger partial charge in [-0.3, -0.25) is 4.79 Å². The third-order valence-electron chi connectivity index (χ3n) is 6.90. The van der Waals surface area contributed by atoms with Crippen LogP contribution in [0, 0.1) is 13.8 Å². The summed E-state index contributed by atoms with van der Waals surface area (Å²) >= 11 is 0. The molecule has 5 heteroatoms. The van der Waals surface area contributed by atoms with Gasteiger partial charge in [-0.05, 0) is 91.6 Å². The molecule has 0 saturated heterocycles. The molecule has 2 atom stereocenters. The number of aliphatic hydroxyl groups excluding tert-OH is 1. The van der Waals surface area contributed by atoms with Crippen LogP contribution in [0.25, 0.3) is 5.69 Å². The molecule has 1 N–H and O–H groups in total. The number of carbonyl (C=O) groups is 1. The van der Waals surface area contributed by atoms with Gasteiger partial charge in [-0.1, -0.05) is 12.1 Å². The van der Waals surface area contributed by atoms with Crippen molar-refractivity contribution < 1.29 is 9.90 Å². The first-order valence-electron chi connectivity index (χ1n) is 10.7. The van der Waals surface area contributed by atoms with Gasteiger partial charge in [0.05, 0.1) is 17.8 Å². The fourth-order valence-corrected chi connectivity index (χ4v) is 4.97. The first-order chi connectivity index (χ1) is 14.5. The minimum atomic E-state index is -0.391. The van der Waals surface area contributed by atoms with Crippen molar-refractivity contribution in [1.82, 2.24) is 14.7 Å². The minimum absolute atomic E-state index is 0.0390. The van der Waals surface area contributed by atoms with Crippen LogP contribution in [-0.2, 0) is 13.0 Å². The smallest absolute Gasteiger partial charge is 0.254 e. The zero-order valence-electron chi connectivity index (χ0n) is 17.5. The molecule has 3 aromatic rings. The number of hydrogen-bond acceptors (Lipinski definition) is 3. The number of nitrogens with zero attached hydrogens (tertiary/aromatic N) is 3. The lowest BCUT2D eigenvalue weighted by Crippen LogP contribution is -2.40. The molecule has 0 bridgehead atoms. The average molecular weight is 402 g/mol. The normalized spacial score (nSPS) is 20.8. The fraction of sp³-hybridized carbons (Fsp3) is 0.360. The molecule has 2 aromatic carbocycles. The number of amides is 1. The van der Waals surface area contributed by atoms with E-state index in [1.807, 2.05) is 21.8 Å². The number of rotatable bonds is 4. The van der Waals surface area contributed by atoms with Crippen molar-refractivity contribution in [3.05, 3.63) is 82.2 Å². The maximum Gasteiger partial charge on any atom is 0.254 e. The Kier molecular flexibility index (Phi) is 4.70. The number of fused-ring (bicyclic) bond motifs is 1. The second-order valence-corrected chi connectivity index (χ2v) is 8.60. The van der Waals surface area contributed by atoms with Crippen LogP contribution in [0.1, 0.15) is 57.4 Å². The predicted molar refractivity (Wildman–Crippen MR) is 116 cm³/mol. The van der Waals surface area contributed by atoms with Gasteiger partial charge in [0.15, 0.2) is 0 Å². The number of aromatic nitrogens is 2. The highest BCUT2D eigenvalue weighted by atomic mass is 16.3. The van der Waals surface area contributed by atoms with Gasteiger partial charge in [0.25, 0.3) is 5.91 Å². The Labute approximate surface area is 177 Å². The van der Waals surface area contributed by atoms with Crippen LogP contribution in [0.5, 0.6) is 0 Å². The van der Waals surface area contributed by atoms with E-state index in [0.29, 0.717) is 6.54 Å². The first-order valence-corrected chi connectivity index (χ1v) is 10.7. The third kappa shape index (κ3) is 3.14. The molecule has 0 spiro atoms.